The van der Waals surface area contributed by atoms with E-state index in [4.69, 9.17) is 22.2 Å². The molecule has 2 aromatic carbocycles. The molecule has 0 saturated carbocycles. The van der Waals surface area contributed by atoms with E-state index in [0.717, 1.165) is 33.4 Å². The minimum absolute atomic E-state index is 0.0156. The Morgan fingerprint density at radius 1 is 1.18 bits per heavy atom. The third-order valence-electron chi connectivity index (χ3n) is 5.44. The summed E-state index contributed by atoms with van der Waals surface area (Å²) in [6, 6.07) is 12.5. The van der Waals surface area contributed by atoms with Crippen LogP contribution < -0.4 is 9.64 Å². The molecule has 0 atom stereocenters. The Hall–Kier alpha value is -2.77. The second-order valence-electron chi connectivity index (χ2n) is 8.08. The van der Waals surface area contributed by atoms with Crippen LogP contribution in [0.4, 0.5) is 18.9 Å². The first-order valence-electron chi connectivity index (χ1n) is 10.6. The quantitative estimate of drug-likeness (QED) is 0.253. The zero-order valence-electron chi connectivity index (χ0n) is 19.0. The van der Waals surface area contributed by atoms with Gasteiger partial charge in [0.05, 0.1) is 29.5 Å². The minimum Gasteiger partial charge on any atom is -0.494 e. The fourth-order valence-electron chi connectivity index (χ4n) is 3.65. The van der Waals surface area contributed by atoms with Gasteiger partial charge in [-0.15, -0.1) is 11.8 Å². The third kappa shape index (κ3) is 5.31. The lowest BCUT2D eigenvalue weighted by Gasteiger charge is -2.29. The van der Waals surface area contributed by atoms with E-state index in [1.165, 1.54) is 6.07 Å². The van der Waals surface area contributed by atoms with Crippen LogP contribution in [-0.4, -0.2) is 40.4 Å². The Kier molecular flexibility index (Phi) is 7.78. The van der Waals surface area contributed by atoms with Gasteiger partial charge in [0.2, 0.25) is 0 Å². The van der Waals surface area contributed by atoms with Gasteiger partial charge in [-0.3, -0.25) is 9.69 Å². The summed E-state index contributed by atoms with van der Waals surface area (Å²) in [7, 11) is 0. The highest BCUT2D eigenvalue weighted by atomic mass is 32.2. The lowest BCUT2D eigenvalue weighted by Crippen LogP contribution is -2.44. The fourth-order valence-corrected chi connectivity index (χ4v) is 4.82. The van der Waals surface area contributed by atoms with Crippen molar-refractivity contribution in [3.8, 4) is 11.8 Å². The summed E-state index contributed by atoms with van der Waals surface area (Å²) >= 11 is 7.23. The average molecular weight is 508 g/mol. The molecule has 34 heavy (non-hydrogen) atoms. The fraction of sp³-hybridized carbons (Fsp3) is 0.375. The Morgan fingerprint density at radius 3 is 2.44 bits per heavy atom. The van der Waals surface area contributed by atoms with E-state index >= 15 is 0 Å². The number of rotatable bonds is 8. The van der Waals surface area contributed by atoms with Crippen LogP contribution >= 0.6 is 24.0 Å². The zero-order valence-corrected chi connectivity index (χ0v) is 20.6. The van der Waals surface area contributed by atoms with Crippen molar-refractivity contribution in [3.63, 3.8) is 0 Å². The van der Waals surface area contributed by atoms with Gasteiger partial charge >= 0.3 is 6.18 Å². The molecule has 0 spiro atoms. The zero-order chi connectivity index (χ0) is 25.1. The van der Waals surface area contributed by atoms with Crippen LogP contribution in [0, 0.1) is 11.3 Å². The Labute approximate surface area is 206 Å². The Morgan fingerprint density at radius 2 is 1.85 bits per heavy atom. The predicted molar refractivity (Wildman–Crippen MR) is 130 cm³/mol. The number of anilines is 1. The molecule has 0 aliphatic carbocycles. The standard InChI is InChI=1S/C24H24F3N3O2S2/c1-4-34-19-10-8-18(9-11-19)32-13-5-12-29-22(33)30(21(31)23(29,2)3)17-7-6-16(15-28)20(14-17)24(25,26)27/h6-11,14H,4-5,12-13H2,1-3H3. The van der Waals surface area contributed by atoms with Gasteiger partial charge < -0.3 is 9.64 Å². The molecule has 0 unspecified atom stereocenters. The van der Waals surface area contributed by atoms with Crippen molar-refractivity contribution < 1.29 is 22.7 Å². The maximum Gasteiger partial charge on any atom is 0.417 e. The van der Waals surface area contributed by atoms with E-state index in [9.17, 15) is 18.0 Å². The summed E-state index contributed by atoms with van der Waals surface area (Å²) in [5, 5.41) is 9.15. The number of carbonyl (C=O) groups is 1. The van der Waals surface area contributed by atoms with Crippen LogP contribution in [-0.2, 0) is 11.0 Å². The smallest absolute Gasteiger partial charge is 0.417 e. The highest BCUT2D eigenvalue weighted by molar-refractivity contribution is 7.99. The lowest BCUT2D eigenvalue weighted by molar-refractivity contribution is -0.137. The van der Waals surface area contributed by atoms with Gasteiger partial charge in [0, 0.05) is 11.4 Å². The predicted octanol–water partition coefficient (Wildman–Crippen LogP) is 5.87. The van der Waals surface area contributed by atoms with Crippen LogP contribution in [0.3, 0.4) is 0 Å². The summed E-state index contributed by atoms with van der Waals surface area (Å²) in [6.45, 7) is 6.22. The van der Waals surface area contributed by atoms with Crippen molar-refractivity contribution in [1.29, 1.82) is 5.26 Å². The first-order chi connectivity index (χ1) is 16.0. The van der Waals surface area contributed by atoms with Crippen LogP contribution in [0.15, 0.2) is 47.4 Å². The lowest BCUT2D eigenvalue weighted by atomic mass is 10.0. The highest BCUT2D eigenvalue weighted by Crippen LogP contribution is 2.37. The van der Waals surface area contributed by atoms with Gasteiger partial charge in [-0.25, -0.2) is 0 Å². The van der Waals surface area contributed by atoms with Gasteiger partial charge in [-0.05, 0) is 80.7 Å². The van der Waals surface area contributed by atoms with Gasteiger partial charge in [0.15, 0.2) is 5.11 Å². The molecule has 1 fully saturated rings. The van der Waals surface area contributed by atoms with E-state index in [1.807, 2.05) is 24.3 Å². The highest BCUT2D eigenvalue weighted by Gasteiger charge is 2.49. The number of hydrogen-bond acceptors (Lipinski definition) is 5. The number of ether oxygens (including phenoxy) is 1. The molecule has 0 radical (unpaired) electrons. The molecule has 1 heterocycles. The van der Waals surface area contributed by atoms with Crippen LogP contribution in [0.5, 0.6) is 5.75 Å². The van der Waals surface area contributed by atoms with E-state index in [1.54, 1.807) is 36.6 Å². The molecule has 0 N–H and O–H groups in total. The number of nitrogens with zero attached hydrogens (tertiary/aromatic N) is 3. The van der Waals surface area contributed by atoms with Crippen LogP contribution in [0.2, 0.25) is 0 Å². The van der Waals surface area contributed by atoms with Crippen molar-refractivity contribution in [2.45, 2.75) is 43.8 Å². The SMILES string of the molecule is CCSc1ccc(OCCCN2C(=S)N(c3ccc(C#N)c(C(F)(F)F)c3)C(=O)C2(C)C)cc1. The van der Waals surface area contributed by atoms with Crippen LogP contribution in [0.25, 0.3) is 0 Å². The molecule has 0 aromatic heterocycles. The molecule has 1 aliphatic rings. The molecule has 10 heteroatoms. The van der Waals surface area contributed by atoms with Crippen LogP contribution in [0.1, 0.15) is 38.3 Å². The van der Waals surface area contributed by atoms with Crippen molar-refractivity contribution in [2.75, 3.05) is 23.8 Å². The molecule has 1 saturated heterocycles. The molecule has 1 aliphatic heterocycles. The molecule has 0 bridgehead atoms. The Bertz CT molecular complexity index is 1110. The number of carbonyl (C=O) groups excluding carboxylic acids is 1. The summed E-state index contributed by atoms with van der Waals surface area (Å²) in [4.78, 5) is 17.1. The van der Waals surface area contributed by atoms with E-state index in [0.29, 0.717) is 19.6 Å². The van der Waals surface area contributed by atoms with Crippen molar-refractivity contribution in [3.05, 3.63) is 53.6 Å². The number of amides is 1. The first kappa shape index (κ1) is 25.8. The van der Waals surface area contributed by atoms with Crippen molar-refractivity contribution in [2.24, 2.45) is 0 Å². The normalized spacial score (nSPS) is 15.6. The summed E-state index contributed by atoms with van der Waals surface area (Å²) in [5.41, 5.74) is -2.67. The van der Waals surface area contributed by atoms with Crippen molar-refractivity contribution >= 4 is 40.7 Å². The van der Waals surface area contributed by atoms with Gasteiger partial charge in [0.1, 0.15) is 11.3 Å². The van der Waals surface area contributed by atoms with Gasteiger partial charge in [-0.1, -0.05) is 6.92 Å². The molecular formula is C24H24F3N3O2S2. The third-order valence-corrected chi connectivity index (χ3v) is 6.74. The summed E-state index contributed by atoms with van der Waals surface area (Å²) in [6.07, 6.45) is -4.18. The van der Waals surface area contributed by atoms with E-state index < -0.39 is 28.7 Å². The average Bonchev–Trinajstić information content (AvgIpc) is 2.95. The maximum absolute atomic E-state index is 13.4. The van der Waals surface area contributed by atoms with Crippen molar-refractivity contribution in [1.82, 2.24) is 4.90 Å². The molecule has 3 rings (SSSR count). The molecule has 180 valence electrons. The second kappa shape index (κ2) is 10.2. The largest absolute Gasteiger partial charge is 0.494 e. The molecule has 2 aromatic rings. The Balaban J connectivity index is 1.71. The first-order valence-corrected chi connectivity index (χ1v) is 12.0. The molecule has 5 nitrogen and oxygen atoms in total. The molecular weight excluding hydrogens is 483 g/mol. The number of alkyl halides is 3. The summed E-state index contributed by atoms with van der Waals surface area (Å²) < 4.78 is 46.0. The second-order valence-corrected chi connectivity index (χ2v) is 9.78. The van der Waals surface area contributed by atoms with Gasteiger partial charge in [0.25, 0.3) is 5.91 Å². The number of thiocarbonyl (C=S) groups is 1. The maximum atomic E-state index is 13.4. The monoisotopic (exact) mass is 507 g/mol. The topological polar surface area (TPSA) is 56.6 Å². The number of nitriles is 1. The van der Waals surface area contributed by atoms with E-state index in [2.05, 4.69) is 6.92 Å². The minimum atomic E-state index is -4.73. The van der Waals surface area contributed by atoms with E-state index in [-0.39, 0.29) is 10.8 Å². The number of halogens is 3. The van der Waals surface area contributed by atoms with Gasteiger partial charge in [-0.2, -0.15) is 18.4 Å². The molecule has 1 amide bonds. The summed E-state index contributed by atoms with van der Waals surface area (Å²) in [5.74, 6) is 1.29. The number of hydrogen-bond donors (Lipinski definition) is 0. The number of benzene rings is 2. The number of thioether (sulfide) groups is 1.